The average Bonchev–Trinajstić information content (AvgIpc) is 2.29. The molecule has 0 atom stereocenters. The first-order valence-corrected chi connectivity index (χ1v) is 5.20. The molecule has 0 heterocycles. The molecule has 96 valence electrons. The van der Waals surface area contributed by atoms with Crippen molar-refractivity contribution in [2.75, 3.05) is 26.4 Å². The van der Waals surface area contributed by atoms with Gasteiger partial charge in [0.25, 0.3) is 0 Å². The van der Waals surface area contributed by atoms with Crippen molar-refractivity contribution in [3.8, 4) is 0 Å². The summed E-state index contributed by atoms with van der Waals surface area (Å²) in [6.45, 7) is 6.95. The molecule has 0 aromatic rings. The lowest BCUT2D eigenvalue weighted by Gasteiger charge is -2.07. The van der Waals surface area contributed by atoms with Gasteiger partial charge in [-0.1, -0.05) is 6.58 Å². The fourth-order valence-electron chi connectivity index (χ4n) is 0.846. The molecule has 0 aromatic heterocycles. The standard InChI is InChI=1S/C11H17NO5/c1-4-16-10(13)8(3)6-15-7-9(12)11(14)17-5-2/h12H,3-7H2,1-2H3. The number of carbonyl (C=O) groups excluding carboxylic acids is 2. The van der Waals surface area contributed by atoms with Crippen LogP contribution >= 0.6 is 0 Å². The van der Waals surface area contributed by atoms with E-state index in [0.717, 1.165) is 0 Å². The van der Waals surface area contributed by atoms with E-state index in [4.69, 9.17) is 10.1 Å². The van der Waals surface area contributed by atoms with Crippen LogP contribution in [0.15, 0.2) is 12.2 Å². The zero-order valence-electron chi connectivity index (χ0n) is 10.1. The van der Waals surface area contributed by atoms with Crippen molar-refractivity contribution in [3.05, 3.63) is 12.2 Å². The molecule has 0 amide bonds. The van der Waals surface area contributed by atoms with Gasteiger partial charge < -0.3 is 14.2 Å². The summed E-state index contributed by atoms with van der Waals surface area (Å²) >= 11 is 0. The van der Waals surface area contributed by atoms with E-state index in [2.05, 4.69) is 16.1 Å². The summed E-state index contributed by atoms with van der Waals surface area (Å²) in [6, 6.07) is 0. The van der Waals surface area contributed by atoms with Crippen LogP contribution in [0.1, 0.15) is 13.8 Å². The van der Waals surface area contributed by atoms with Gasteiger partial charge >= 0.3 is 11.9 Å². The molecule has 0 bridgehead atoms. The van der Waals surface area contributed by atoms with Gasteiger partial charge in [-0.15, -0.1) is 0 Å². The topological polar surface area (TPSA) is 85.7 Å². The molecule has 0 spiro atoms. The van der Waals surface area contributed by atoms with Crippen molar-refractivity contribution < 1.29 is 23.8 Å². The van der Waals surface area contributed by atoms with Gasteiger partial charge in [-0.2, -0.15) is 0 Å². The van der Waals surface area contributed by atoms with Gasteiger partial charge in [-0.25, -0.2) is 9.59 Å². The third-order valence-corrected chi connectivity index (χ3v) is 1.61. The molecular weight excluding hydrogens is 226 g/mol. The van der Waals surface area contributed by atoms with Crippen molar-refractivity contribution >= 4 is 17.7 Å². The maximum Gasteiger partial charge on any atom is 0.354 e. The monoisotopic (exact) mass is 243 g/mol. The molecule has 6 nitrogen and oxygen atoms in total. The highest BCUT2D eigenvalue weighted by Crippen LogP contribution is 1.96. The fourth-order valence-corrected chi connectivity index (χ4v) is 0.846. The summed E-state index contributed by atoms with van der Waals surface area (Å²) in [5.74, 6) is -1.27. The fraction of sp³-hybridized carbons (Fsp3) is 0.545. The van der Waals surface area contributed by atoms with Gasteiger partial charge in [0.05, 0.1) is 32.0 Å². The van der Waals surface area contributed by atoms with Crippen molar-refractivity contribution in [2.24, 2.45) is 0 Å². The van der Waals surface area contributed by atoms with Gasteiger partial charge in [-0.3, -0.25) is 5.41 Å². The lowest BCUT2D eigenvalue weighted by molar-refractivity contribution is -0.139. The van der Waals surface area contributed by atoms with Gasteiger partial charge in [-0.05, 0) is 13.8 Å². The quantitative estimate of drug-likeness (QED) is 0.385. The lowest BCUT2D eigenvalue weighted by atomic mass is 10.3. The summed E-state index contributed by atoms with van der Waals surface area (Å²) in [7, 11) is 0. The van der Waals surface area contributed by atoms with Gasteiger partial charge in [0.1, 0.15) is 5.71 Å². The molecular formula is C11H17NO5. The van der Waals surface area contributed by atoms with E-state index in [1.165, 1.54) is 0 Å². The van der Waals surface area contributed by atoms with Crippen LogP contribution in [0.3, 0.4) is 0 Å². The molecule has 0 aliphatic rings. The summed E-state index contributed by atoms with van der Waals surface area (Å²) in [5.41, 5.74) is -0.160. The summed E-state index contributed by atoms with van der Waals surface area (Å²) in [6.07, 6.45) is 0. The molecule has 1 N–H and O–H groups in total. The Morgan fingerprint density at radius 1 is 1.06 bits per heavy atom. The average molecular weight is 243 g/mol. The number of hydrogen-bond acceptors (Lipinski definition) is 6. The SMILES string of the molecule is C=C(COCC(=N)C(=O)OCC)C(=O)OCC. The molecule has 0 saturated heterocycles. The second kappa shape index (κ2) is 8.46. The largest absolute Gasteiger partial charge is 0.463 e. The Morgan fingerprint density at radius 2 is 1.59 bits per heavy atom. The minimum Gasteiger partial charge on any atom is -0.463 e. The Hall–Kier alpha value is -1.69. The minimum absolute atomic E-state index is 0.0827. The zero-order valence-corrected chi connectivity index (χ0v) is 10.1. The summed E-state index contributed by atoms with van der Waals surface area (Å²) < 4.78 is 14.2. The first-order chi connectivity index (χ1) is 8.02. The van der Waals surface area contributed by atoms with Crippen LogP contribution < -0.4 is 0 Å². The van der Waals surface area contributed by atoms with E-state index in [-0.39, 0.29) is 37.7 Å². The van der Waals surface area contributed by atoms with Crippen LogP contribution in [0.2, 0.25) is 0 Å². The van der Waals surface area contributed by atoms with E-state index in [1.54, 1.807) is 13.8 Å². The molecule has 17 heavy (non-hydrogen) atoms. The lowest BCUT2D eigenvalue weighted by Crippen LogP contribution is -2.23. The van der Waals surface area contributed by atoms with E-state index < -0.39 is 11.9 Å². The van der Waals surface area contributed by atoms with Crippen LogP contribution in [0.5, 0.6) is 0 Å². The number of rotatable bonds is 8. The molecule has 0 aromatic carbocycles. The van der Waals surface area contributed by atoms with Crippen molar-refractivity contribution in [1.29, 1.82) is 5.41 Å². The first-order valence-electron chi connectivity index (χ1n) is 5.20. The van der Waals surface area contributed by atoms with Crippen LogP contribution in [-0.4, -0.2) is 44.1 Å². The number of esters is 2. The Kier molecular flexibility index (Phi) is 7.62. The highest BCUT2D eigenvalue weighted by Gasteiger charge is 2.12. The van der Waals surface area contributed by atoms with Gasteiger partial charge in [0, 0.05) is 0 Å². The van der Waals surface area contributed by atoms with E-state index in [9.17, 15) is 9.59 Å². The van der Waals surface area contributed by atoms with Crippen LogP contribution in [0, 0.1) is 5.41 Å². The molecule has 6 heteroatoms. The summed E-state index contributed by atoms with van der Waals surface area (Å²) in [4.78, 5) is 22.1. The van der Waals surface area contributed by atoms with Gasteiger partial charge in [0.2, 0.25) is 0 Å². The van der Waals surface area contributed by atoms with Crippen LogP contribution in [0.4, 0.5) is 0 Å². The predicted molar refractivity (Wildman–Crippen MR) is 61.0 cm³/mol. The summed E-state index contributed by atoms with van der Waals surface area (Å²) in [5, 5.41) is 7.29. The molecule has 0 aliphatic carbocycles. The third kappa shape index (κ3) is 6.47. The number of ether oxygens (including phenoxy) is 3. The predicted octanol–water partition coefficient (Wildman–Crippen LogP) is 0.705. The maximum absolute atomic E-state index is 11.1. The highest BCUT2D eigenvalue weighted by molar-refractivity contribution is 6.35. The second-order valence-electron chi connectivity index (χ2n) is 3.02. The number of hydrogen-bond donors (Lipinski definition) is 1. The first kappa shape index (κ1) is 15.3. The Bertz CT molecular complexity index is 281. The number of carbonyl (C=O) groups is 2. The smallest absolute Gasteiger partial charge is 0.354 e. The Balaban J connectivity index is 3.84. The normalized spacial score (nSPS) is 9.53. The van der Waals surface area contributed by atoms with E-state index in [0.29, 0.717) is 0 Å². The Labute approximate surface area is 100 Å². The van der Waals surface area contributed by atoms with Gasteiger partial charge in [0.15, 0.2) is 0 Å². The molecule has 0 saturated carbocycles. The molecule has 0 radical (unpaired) electrons. The second-order valence-corrected chi connectivity index (χ2v) is 3.02. The van der Waals surface area contributed by atoms with E-state index >= 15 is 0 Å². The van der Waals surface area contributed by atoms with Crippen molar-refractivity contribution in [3.63, 3.8) is 0 Å². The maximum atomic E-state index is 11.1. The van der Waals surface area contributed by atoms with Crippen LogP contribution in [-0.2, 0) is 23.8 Å². The van der Waals surface area contributed by atoms with Crippen LogP contribution in [0.25, 0.3) is 0 Å². The number of nitrogens with one attached hydrogen (secondary N) is 1. The molecule has 0 rings (SSSR count). The molecule has 0 aliphatic heterocycles. The van der Waals surface area contributed by atoms with E-state index in [1.807, 2.05) is 0 Å². The zero-order chi connectivity index (χ0) is 13.3. The van der Waals surface area contributed by atoms with Crippen molar-refractivity contribution in [2.45, 2.75) is 13.8 Å². The molecule has 0 unspecified atom stereocenters. The third-order valence-electron chi connectivity index (χ3n) is 1.61. The Morgan fingerprint density at radius 3 is 2.12 bits per heavy atom. The highest BCUT2D eigenvalue weighted by atomic mass is 16.5. The minimum atomic E-state index is -0.728. The molecule has 0 fully saturated rings. The van der Waals surface area contributed by atoms with Crippen molar-refractivity contribution in [1.82, 2.24) is 0 Å².